The highest BCUT2D eigenvalue weighted by Crippen LogP contribution is 2.17. The van der Waals surface area contributed by atoms with Gasteiger partial charge in [0.05, 0.1) is 5.69 Å². The predicted molar refractivity (Wildman–Crippen MR) is 86.2 cm³/mol. The highest BCUT2D eigenvalue weighted by Gasteiger charge is 2.12. The minimum Gasteiger partial charge on any atom is -0.345 e. The molecule has 21 heavy (non-hydrogen) atoms. The molecule has 110 valence electrons. The maximum absolute atomic E-state index is 11.9. The number of hydrogen-bond donors (Lipinski definition) is 2. The fraction of sp³-hybridized carbons (Fsp3) is 0.200. The van der Waals surface area contributed by atoms with Crippen LogP contribution in [0.5, 0.6) is 0 Å². The number of amides is 3. The van der Waals surface area contributed by atoms with Gasteiger partial charge in [-0.1, -0.05) is 0 Å². The first-order valence-electron chi connectivity index (χ1n) is 6.40. The number of rotatable bonds is 3. The van der Waals surface area contributed by atoms with Gasteiger partial charge in [-0.2, -0.15) is 11.3 Å². The SMILES string of the molecule is Cc1cc(NC(=O)Nc2ccsc2)ccc1C(=O)N(C)C. The lowest BCUT2D eigenvalue weighted by Gasteiger charge is -2.13. The van der Waals surface area contributed by atoms with Crippen LogP contribution in [0, 0.1) is 6.92 Å². The summed E-state index contributed by atoms with van der Waals surface area (Å²) < 4.78 is 0. The quantitative estimate of drug-likeness (QED) is 0.913. The van der Waals surface area contributed by atoms with Crippen LogP contribution in [0.4, 0.5) is 16.2 Å². The maximum atomic E-state index is 11.9. The van der Waals surface area contributed by atoms with E-state index in [0.29, 0.717) is 11.3 Å². The average molecular weight is 303 g/mol. The minimum absolute atomic E-state index is 0.0539. The molecule has 0 fully saturated rings. The largest absolute Gasteiger partial charge is 0.345 e. The molecule has 0 bridgehead atoms. The molecule has 6 heteroatoms. The summed E-state index contributed by atoms with van der Waals surface area (Å²) >= 11 is 1.51. The van der Waals surface area contributed by atoms with E-state index in [1.54, 1.807) is 32.3 Å². The first kappa shape index (κ1) is 15.1. The normalized spacial score (nSPS) is 10.0. The molecule has 2 aromatic rings. The van der Waals surface area contributed by atoms with E-state index in [1.165, 1.54) is 16.2 Å². The van der Waals surface area contributed by atoms with E-state index in [1.807, 2.05) is 23.8 Å². The zero-order valence-electron chi connectivity index (χ0n) is 12.1. The van der Waals surface area contributed by atoms with E-state index in [0.717, 1.165) is 11.3 Å². The van der Waals surface area contributed by atoms with E-state index in [2.05, 4.69) is 10.6 Å². The third-order valence-electron chi connectivity index (χ3n) is 2.90. The molecular weight excluding hydrogens is 286 g/mol. The first-order valence-corrected chi connectivity index (χ1v) is 7.34. The number of nitrogens with zero attached hydrogens (tertiary/aromatic N) is 1. The summed E-state index contributed by atoms with van der Waals surface area (Å²) in [5.41, 5.74) is 2.86. The fourth-order valence-corrected chi connectivity index (χ4v) is 2.44. The van der Waals surface area contributed by atoms with Crippen LogP contribution in [0.15, 0.2) is 35.0 Å². The van der Waals surface area contributed by atoms with Gasteiger partial charge in [-0.05, 0) is 42.1 Å². The smallest absolute Gasteiger partial charge is 0.323 e. The molecule has 0 radical (unpaired) electrons. The van der Waals surface area contributed by atoms with E-state index in [4.69, 9.17) is 0 Å². The highest BCUT2D eigenvalue weighted by molar-refractivity contribution is 7.08. The molecule has 2 N–H and O–H groups in total. The van der Waals surface area contributed by atoms with Gasteiger partial charge in [-0.3, -0.25) is 4.79 Å². The molecule has 0 aliphatic rings. The molecule has 0 aliphatic carbocycles. The Labute approximate surface area is 127 Å². The second kappa shape index (κ2) is 6.41. The summed E-state index contributed by atoms with van der Waals surface area (Å²) in [5.74, 6) is -0.0539. The van der Waals surface area contributed by atoms with Gasteiger partial charge >= 0.3 is 6.03 Å². The van der Waals surface area contributed by atoms with Crippen molar-refractivity contribution < 1.29 is 9.59 Å². The van der Waals surface area contributed by atoms with Gasteiger partial charge in [0.1, 0.15) is 0 Å². The molecule has 2 rings (SSSR count). The molecule has 0 saturated carbocycles. The van der Waals surface area contributed by atoms with Crippen molar-refractivity contribution in [3.05, 3.63) is 46.2 Å². The van der Waals surface area contributed by atoms with Crippen LogP contribution in [-0.4, -0.2) is 30.9 Å². The molecular formula is C15H17N3O2S. The number of carbonyl (C=O) groups excluding carboxylic acids is 2. The Hall–Kier alpha value is -2.34. The summed E-state index contributed by atoms with van der Waals surface area (Å²) in [7, 11) is 3.42. The van der Waals surface area contributed by atoms with Crippen molar-refractivity contribution in [2.75, 3.05) is 24.7 Å². The summed E-state index contributed by atoms with van der Waals surface area (Å²) in [6.07, 6.45) is 0. The molecule has 0 atom stereocenters. The average Bonchev–Trinajstić information content (AvgIpc) is 2.90. The van der Waals surface area contributed by atoms with Crippen LogP contribution >= 0.6 is 11.3 Å². The van der Waals surface area contributed by atoms with Gasteiger partial charge in [0.15, 0.2) is 0 Å². The van der Waals surface area contributed by atoms with Crippen molar-refractivity contribution >= 4 is 34.6 Å². The minimum atomic E-state index is -0.306. The Balaban J connectivity index is 2.06. The summed E-state index contributed by atoms with van der Waals surface area (Å²) in [4.78, 5) is 25.3. The van der Waals surface area contributed by atoms with Crippen LogP contribution in [-0.2, 0) is 0 Å². The Morgan fingerprint density at radius 1 is 1.10 bits per heavy atom. The van der Waals surface area contributed by atoms with Crippen LogP contribution in [0.25, 0.3) is 0 Å². The Morgan fingerprint density at radius 3 is 2.38 bits per heavy atom. The topological polar surface area (TPSA) is 61.4 Å². The van der Waals surface area contributed by atoms with Crippen molar-refractivity contribution in [1.29, 1.82) is 0 Å². The van der Waals surface area contributed by atoms with Gasteiger partial charge < -0.3 is 15.5 Å². The molecule has 1 aromatic heterocycles. The molecule has 1 heterocycles. The zero-order valence-corrected chi connectivity index (χ0v) is 13.0. The summed E-state index contributed by atoms with van der Waals surface area (Å²) in [6.45, 7) is 1.85. The number of urea groups is 1. The van der Waals surface area contributed by atoms with Gasteiger partial charge in [0, 0.05) is 30.7 Å². The lowest BCUT2D eigenvalue weighted by Crippen LogP contribution is -2.23. The monoisotopic (exact) mass is 303 g/mol. The summed E-state index contributed by atoms with van der Waals surface area (Å²) in [5, 5.41) is 9.22. The van der Waals surface area contributed by atoms with Gasteiger partial charge in [-0.15, -0.1) is 0 Å². The zero-order chi connectivity index (χ0) is 15.4. The molecule has 0 unspecified atom stereocenters. The van der Waals surface area contributed by atoms with E-state index < -0.39 is 0 Å². The van der Waals surface area contributed by atoms with Crippen LogP contribution in [0.2, 0.25) is 0 Å². The summed E-state index contributed by atoms with van der Waals surface area (Å²) in [6, 6.07) is 6.74. The first-order chi connectivity index (χ1) is 9.97. The lowest BCUT2D eigenvalue weighted by molar-refractivity contribution is 0.0827. The van der Waals surface area contributed by atoms with Gasteiger partial charge in [-0.25, -0.2) is 4.79 Å². The molecule has 0 saturated heterocycles. The number of nitrogens with one attached hydrogen (secondary N) is 2. The van der Waals surface area contributed by atoms with Crippen molar-refractivity contribution in [2.24, 2.45) is 0 Å². The van der Waals surface area contributed by atoms with Crippen LogP contribution in [0.3, 0.4) is 0 Å². The number of carbonyl (C=O) groups is 2. The second-order valence-electron chi connectivity index (χ2n) is 4.82. The van der Waals surface area contributed by atoms with Crippen molar-refractivity contribution in [2.45, 2.75) is 6.92 Å². The second-order valence-corrected chi connectivity index (χ2v) is 5.60. The van der Waals surface area contributed by atoms with Gasteiger partial charge in [0.25, 0.3) is 5.91 Å². The highest BCUT2D eigenvalue weighted by atomic mass is 32.1. The van der Waals surface area contributed by atoms with E-state index in [-0.39, 0.29) is 11.9 Å². The number of thiophene rings is 1. The molecule has 0 spiro atoms. The Kier molecular flexibility index (Phi) is 4.59. The van der Waals surface area contributed by atoms with Crippen molar-refractivity contribution in [3.8, 4) is 0 Å². The number of aryl methyl sites for hydroxylation is 1. The molecule has 5 nitrogen and oxygen atoms in total. The van der Waals surface area contributed by atoms with Crippen molar-refractivity contribution in [1.82, 2.24) is 4.90 Å². The Morgan fingerprint density at radius 2 is 1.81 bits per heavy atom. The molecule has 1 aromatic carbocycles. The van der Waals surface area contributed by atoms with Crippen LogP contribution in [0.1, 0.15) is 15.9 Å². The molecule has 0 aliphatic heterocycles. The maximum Gasteiger partial charge on any atom is 0.323 e. The fourth-order valence-electron chi connectivity index (χ4n) is 1.85. The number of anilines is 2. The van der Waals surface area contributed by atoms with Crippen molar-refractivity contribution in [3.63, 3.8) is 0 Å². The van der Waals surface area contributed by atoms with E-state index >= 15 is 0 Å². The van der Waals surface area contributed by atoms with E-state index in [9.17, 15) is 9.59 Å². The third-order valence-corrected chi connectivity index (χ3v) is 3.58. The number of hydrogen-bond acceptors (Lipinski definition) is 3. The standard InChI is InChI=1S/C15H17N3O2S/c1-10-8-11(4-5-13(10)14(19)18(2)3)16-15(20)17-12-6-7-21-9-12/h4-9H,1-3H3,(H2,16,17,20). The molecule has 3 amide bonds. The Bertz CT molecular complexity index is 651. The lowest BCUT2D eigenvalue weighted by atomic mass is 10.1. The van der Waals surface area contributed by atoms with Gasteiger partial charge in [0.2, 0.25) is 0 Å². The predicted octanol–water partition coefficient (Wildman–Crippen LogP) is 3.40. The third kappa shape index (κ3) is 3.82. The number of benzene rings is 1. The van der Waals surface area contributed by atoms with Crippen LogP contribution < -0.4 is 10.6 Å².